The van der Waals surface area contributed by atoms with Crippen LogP contribution in [0.4, 0.5) is 0 Å². The second-order valence-corrected chi connectivity index (χ2v) is 6.00. The lowest BCUT2D eigenvalue weighted by Gasteiger charge is -2.23. The van der Waals surface area contributed by atoms with Gasteiger partial charge < -0.3 is 15.9 Å². The second-order valence-electron chi connectivity index (χ2n) is 6.00. The van der Waals surface area contributed by atoms with E-state index in [-0.39, 0.29) is 33.6 Å². The molecule has 128 valence electrons. The highest BCUT2D eigenvalue weighted by atomic mass is 16.3. The number of phenolic OH excluding ortho intramolecular Hbond substituents is 2. The Kier molecular flexibility index (Phi) is 4.04. The van der Waals surface area contributed by atoms with Crippen LogP contribution in [0.2, 0.25) is 0 Å². The van der Waals surface area contributed by atoms with E-state index < -0.39 is 23.2 Å². The molecule has 6 heteroatoms. The van der Waals surface area contributed by atoms with Crippen molar-refractivity contribution in [2.75, 3.05) is 0 Å². The Bertz CT molecular complexity index is 930. The van der Waals surface area contributed by atoms with Gasteiger partial charge in [-0.15, -0.1) is 0 Å². The fourth-order valence-electron chi connectivity index (χ4n) is 3.25. The fourth-order valence-corrected chi connectivity index (χ4v) is 3.25. The smallest absolute Gasteiger partial charge is 0.249 e. The number of hydrogen-bond acceptors (Lipinski definition) is 5. The summed E-state index contributed by atoms with van der Waals surface area (Å²) in [6.45, 7) is 1.96. The SMILES string of the molecule is CCCCc1c(C(N)=O)cc(O)c2c1C(=O)c1cccc(O)c1C2=O. The summed E-state index contributed by atoms with van der Waals surface area (Å²) in [5.74, 6) is -2.74. The third-order valence-electron chi connectivity index (χ3n) is 4.43. The van der Waals surface area contributed by atoms with Crippen molar-refractivity contribution >= 4 is 17.5 Å². The van der Waals surface area contributed by atoms with Crippen LogP contribution in [0.1, 0.15) is 67.5 Å². The van der Waals surface area contributed by atoms with E-state index in [1.807, 2.05) is 6.92 Å². The zero-order chi connectivity index (χ0) is 18.3. The number of benzene rings is 2. The molecule has 0 saturated heterocycles. The molecule has 1 aliphatic rings. The molecule has 1 amide bonds. The van der Waals surface area contributed by atoms with Crippen molar-refractivity contribution in [2.45, 2.75) is 26.2 Å². The van der Waals surface area contributed by atoms with Crippen LogP contribution >= 0.6 is 0 Å². The Hall–Kier alpha value is -3.15. The van der Waals surface area contributed by atoms with Crippen LogP contribution in [-0.4, -0.2) is 27.7 Å². The summed E-state index contributed by atoms with van der Waals surface area (Å²) >= 11 is 0. The van der Waals surface area contributed by atoms with Crippen LogP contribution in [0.5, 0.6) is 11.5 Å². The maximum atomic E-state index is 13.0. The average molecular weight is 339 g/mol. The summed E-state index contributed by atoms with van der Waals surface area (Å²) in [6.07, 6.45) is 1.88. The lowest BCUT2D eigenvalue weighted by atomic mass is 9.78. The highest BCUT2D eigenvalue weighted by Crippen LogP contribution is 2.39. The van der Waals surface area contributed by atoms with Gasteiger partial charge in [0.25, 0.3) is 0 Å². The number of primary amides is 1. The zero-order valence-electron chi connectivity index (χ0n) is 13.6. The Balaban J connectivity index is 2.37. The summed E-state index contributed by atoms with van der Waals surface area (Å²) in [6, 6.07) is 5.34. The maximum Gasteiger partial charge on any atom is 0.249 e. The largest absolute Gasteiger partial charge is 0.507 e. The van der Waals surface area contributed by atoms with Crippen LogP contribution in [0, 0.1) is 0 Å². The highest BCUT2D eigenvalue weighted by Gasteiger charge is 2.37. The number of nitrogens with two attached hydrogens (primary N) is 1. The Morgan fingerprint density at radius 2 is 1.76 bits per heavy atom. The van der Waals surface area contributed by atoms with E-state index in [4.69, 9.17) is 5.73 Å². The van der Waals surface area contributed by atoms with E-state index >= 15 is 0 Å². The monoisotopic (exact) mass is 339 g/mol. The predicted molar refractivity (Wildman–Crippen MR) is 90.2 cm³/mol. The summed E-state index contributed by atoms with van der Waals surface area (Å²) in [5.41, 5.74) is 5.54. The lowest BCUT2D eigenvalue weighted by molar-refractivity contribution is 0.0970. The molecule has 0 saturated carbocycles. The molecule has 0 heterocycles. The second kappa shape index (κ2) is 6.05. The van der Waals surface area contributed by atoms with Gasteiger partial charge in [0.2, 0.25) is 11.7 Å². The van der Waals surface area contributed by atoms with Crippen molar-refractivity contribution in [2.24, 2.45) is 5.73 Å². The number of ketones is 2. The predicted octanol–water partition coefficient (Wildman–Crippen LogP) is 2.31. The van der Waals surface area contributed by atoms with Gasteiger partial charge in [-0.1, -0.05) is 25.5 Å². The van der Waals surface area contributed by atoms with E-state index in [0.29, 0.717) is 18.4 Å². The van der Waals surface area contributed by atoms with E-state index in [9.17, 15) is 24.6 Å². The van der Waals surface area contributed by atoms with Crippen LogP contribution in [0.3, 0.4) is 0 Å². The molecule has 0 bridgehead atoms. The molecule has 2 aromatic rings. The number of carbonyl (C=O) groups is 3. The number of aromatic hydroxyl groups is 2. The summed E-state index contributed by atoms with van der Waals surface area (Å²) < 4.78 is 0. The highest BCUT2D eigenvalue weighted by molar-refractivity contribution is 6.31. The van der Waals surface area contributed by atoms with Crippen molar-refractivity contribution in [1.82, 2.24) is 0 Å². The first-order chi connectivity index (χ1) is 11.9. The normalized spacial score (nSPS) is 12.7. The molecule has 2 aromatic carbocycles. The van der Waals surface area contributed by atoms with Crippen LogP contribution in [-0.2, 0) is 6.42 Å². The molecular weight excluding hydrogens is 322 g/mol. The molecule has 6 nitrogen and oxygen atoms in total. The van der Waals surface area contributed by atoms with Gasteiger partial charge >= 0.3 is 0 Å². The first kappa shape index (κ1) is 16.7. The van der Waals surface area contributed by atoms with Crippen LogP contribution < -0.4 is 5.73 Å². The molecule has 0 radical (unpaired) electrons. The van der Waals surface area contributed by atoms with E-state index in [2.05, 4.69) is 0 Å². The molecule has 4 N–H and O–H groups in total. The molecule has 0 aromatic heterocycles. The zero-order valence-corrected chi connectivity index (χ0v) is 13.6. The minimum absolute atomic E-state index is 0.00495. The number of rotatable bonds is 4. The lowest BCUT2D eigenvalue weighted by Crippen LogP contribution is -2.26. The van der Waals surface area contributed by atoms with Crippen molar-refractivity contribution in [3.05, 3.63) is 57.6 Å². The minimum atomic E-state index is -0.772. The summed E-state index contributed by atoms with van der Waals surface area (Å²) in [7, 11) is 0. The molecule has 0 unspecified atom stereocenters. The molecule has 25 heavy (non-hydrogen) atoms. The van der Waals surface area contributed by atoms with Gasteiger partial charge in [-0.2, -0.15) is 0 Å². The number of fused-ring (bicyclic) bond motifs is 2. The molecule has 0 spiro atoms. The molecule has 0 fully saturated rings. The number of phenols is 2. The topological polar surface area (TPSA) is 118 Å². The third-order valence-corrected chi connectivity index (χ3v) is 4.43. The van der Waals surface area contributed by atoms with Crippen LogP contribution in [0.25, 0.3) is 0 Å². The van der Waals surface area contributed by atoms with Gasteiger partial charge in [-0.3, -0.25) is 14.4 Å². The molecule has 0 atom stereocenters. The average Bonchev–Trinajstić information content (AvgIpc) is 2.57. The Morgan fingerprint density at radius 1 is 1.04 bits per heavy atom. The van der Waals surface area contributed by atoms with E-state index in [0.717, 1.165) is 12.5 Å². The van der Waals surface area contributed by atoms with Gasteiger partial charge in [-0.25, -0.2) is 0 Å². The Morgan fingerprint density at radius 3 is 2.40 bits per heavy atom. The molecule has 3 rings (SSSR count). The van der Waals surface area contributed by atoms with Gasteiger partial charge in [0.1, 0.15) is 11.5 Å². The number of carbonyl (C=O) groups excluding carboxylic acids is 3. The third kappa shape index (κ3) is 2.46. The van der Waals surface area contributed by atoms with Gasteiger partial charge in [0, 0.05) is 16.7 Å². The van der Waals surface area contributed by atoms with Crippen molar-refractivity contribution in [1.29, 1.82) is 0 Å². The van der Waals surface area contributed by atoms with E-state index in [1.54, 1.807) is 0 Å². The van der Waals surface area contributed by atoms with Crippen molar-refractivity contribution in [3.63, 3.8) is 0 Å². The van der Waals surface area contributed by atoms with Gasteiger partial charge in [0.05, 0.1) is 11.1 Å². The Labute approximate surface area is 143 Å². The first-order valence-corrected chi connectivity index (χ1v) is 7.98. The maximum absolute atomic E-state index is 13.0. The molecule has 1 aliphatic carbocycles. The number of unbranched alkanes of at least 4 members (excludes halogenated alkanes) is 1. The van der Waals surface area contributed by atoms with Gasteiger partial charge in [-0.05, 0) is 30.5 Å². The van der Waals surface area contributed by atoms with Crippen LogP contribution in [0.15, 0.2) is 24.3 Å². The quantitative estimate of drug-likeness (QED) is 0.674. The summed E-state index contributed by atoms with van der Waals surface area (Å²) in [5, 5.41) is 20.3. The van der Waals surface area contributed by atoms with Crippen molar-refractivity contribution in [3.8, 4) is 11.5 Å². The van der Waals surface area contributed by atoms with E-state index in [1.165, 1.54) is 18.2 Å². The number of amides is 1. The fraction of sp³-hybridized carbons (Fsp3) is 0.211. The van der Waals surface area contributed by atoms with Crippen molar-refractivity contribution < 1.29 is 24.6 Å². The minimum Gasteiger partial charge on any atom is -0.507 e. The standard InChI is InChI=1S/C19H17NO5/c1-2-3-5-9-11(19(20)25)8-13(22)16-15(9)17(23)10-6-4-7-12(21)14(10)18(16)24/h4,6-8,21-22H,2-3,5H2,1H3,(H2,20,25). The molecular formula is C19H17NO5. The first-order valence-electron chi connectivity index (χ1n) is 7.98. The number of hydrogen-bond donors (Lipinski definition) is 3. The molecule has 0 aliphatic heterocycles. The van der Waals surface area contributed by atoms with Gasteiger partial charge in [0.15, 0.2) is 5.78 Å². The summed E-state index contributed by atoms with van der Waals surface area (Å²) in [4.78, 5) is 37.6.